The van der Waals surface area contributed by atoms with E-state index in [4.69, 9.17) is 5.11 Å². The molecule has 0 aliphatic carbocycles. The van der Waals surface area contributed by atoms with Crippen LogP contribution in [0.4, 0.5) is 0 Å². The predicted octanol–water partition coefficient (Wildman–Crippen LogP) is 5.07. The highest BCUT2D eigenvalue weighted by Crippen LogP contribution is 2.41. The van der Waals surface area contributed by atoms with Gasteiger partial charge in [-0.15, -0.1) is 0 Å². The van der Waals surface area contributed by atoms with Gasteiger partial charge in [0.05, 0.1) is 0 Å². The van der Waals surface area contributed by atoms with Crippen molar-refractivity contribution >= 4 is 17.7 Å². The SMILES string of the molecule is CCCCC(CCCCCCC(=O)O)C(CCCC)(C(C)=O)C(=O)O. The fraction of sp³-hybridized carbons (Fsp3) is 0.850. The Morgan fingerprint density at radius 2 is 1.40 bits per heavy atom. The summed E-state index contributed by atoms with van der Waals surface area (Å²) in [5, 5.41) is 18.6. The number of hydrogen-bond donors (Lipinski definition) is 2. The van der Waals surface area contributed by atoms with Crippen molar-refractivity contribution in [2.75, 3.05) is 0 Å². The van der Waals surface area contributed by atoms with Crippen LogP contribution in [0.15, 0.2) is 0 Å². The summed E-state index contributed by atoms with van der Waals surface area (Å²) in [4.78, 5) is 35.0. The van der Waals surface area contributed by atoms with Crippen LogP contribution in [-0.2, 0) is 14.4 Å². The summed E-state index contributed by atoms with van der Waals surface area (Å²) in [5.41, 5.74) is -1.26. The Bertz CT molecular complexity index is 402. The number of aliphatic carboxylic acids is 2. The van der Waals surface area contributed by atoms with Crippen LogP contribution >= 0.6 is 0 Å². The minimum atomic E-state index is -1.26. The number of hydrogen-bond acceptors (Lipinski definition) is 3. The zero-order valence-corrected chi connectivity index (χ0v) is 16.2. The van der Waals surface area contributed by atoms with E-state index in [0.29, 0.717) is 12.8 Å². The lowest BCUT2D eigenvalue weighted by Crippen LogP contribution is -2.45. The van der Waals surface area contributed by atoms with Gasteiger partial charge >= 0.3 is 11.9 Å². The van der Waals surface area contributed by atoms with E-state index in [1.807, 2.05) is 6.92 Å². The Balaban J connectivity index is 4.98. The smallest absolute Gasteiger partial charge is 0.317 e. The molecule has 0 fully saturated rings. The van der Waals surface area contributed by atoms with Crippen molar-refractivity contribution in [2.45, 2.75) is 97.8 Å². The van der Waals surface area contributed by atoms with E-state index in [-0.39, 0.29) is 18.1 Å². The molecule has 0 saturated carbocycles. The number of carboxylic acids is 2. The second-order valence-corrected chi connectivity index (χ2v) is 7.12. The van der Waals surface area contributed by atoms with Crippen LogP contribution in [0.1, 0.15) is 97.8 Å². The van der Waals surface area contributed by atoms with Gasteiger partial charge < -0.3 is 10.2 Å². The molecular formula is C20H36O5. The topological polar surface area (TPSA) is 91.7 Å². The van der Waals surface area contributed by atoms with Crippen molar-refractivity contribution in [1.29, 1.82) is 0 Å². The van der Waals surface area contributed by atoms with E-state index in [2.05, 4.69) is 6.92 Å². The molecule has 0 spiro atoms. The van der Waals surface area contributed by atoms with Gasteiger partial charge in [0.25, 0.3) is 0 Å². The zero-order valence-electron chi connectivity index (χ0n) is 16.2. The number of unbranched alkanes of at least 4 members (excludes halogenated alkanes) is 5. The largest absolute Gasteiger partial charge is 0.481 e. The van der Waals surface area contributed by atoms with Crippen molar-refractivity contribution in [2.24, 2.45) is 11.3 Å². The molecule has 0 aliphatic rings. The van der Waals surface area contributed by atoms with Crippen molar-refractivity contribution in [3.8, 4) is 0 Å². The number of ketones is 1. The minimum Gasteiger partial charge on any atom is -0.481 e. The third kappa shape index (κ3) is 8.02. The molecule has 5 heteroatoms. The lowest BCUT2D eigenvalue weighted by Gasteiger charge is -2.35. The summed E-state index contributed by atoms with van der Waals surface area (Å²) < 4.78 is 0. The minimum absolute atomic E-state index is 0.131. The maximum absolute atomic E-state index is 12.4. The van der Waals surface area contributed by atoms with Crippen molar-refractivity contribution in [3.05, 3.63) is 0 Å². The molecule has 2 atom stereocenters. The Labute approximate surface area is 152 Å². The lowest BCUT2D eigenvalue weighted by molar-refractivity contribution is -0.160. The molecule has 0 rings (SSSR count). The van der Waals surface area contributed by atoms with E-state index in [9.17, 15) is 19.5 Å². The number of carbonyl (C=O) groups is 3. The normalized spacial score (nSPS) is 14.7. The number of rotatable bonds is 16. The first-order valence-electron chi connectivity index (χ1n) is 9.79. The maximum Gasteiger partial charge on any atom is 0.317 e. The molecule has 0 amide bonds. The van der Waals surface area contributed by atoms with Crippen LogP contribution in [0.3, 0.4) is 0 Å². The summed E-state index contributed by atoms with van der Waals surface area (Å²) in [6.45, 7) is 5.51. The van der Waals surface area contributed by atoms with Crippen molar-refractivity contribution < 1.29 is 24.6 Å². The van der Waals surface area contributed by atoms with Crippen LogP contribution in [0, 0.1) is 11.3 Å². The van der Waals surface area contributed by atoms with Gasteiger partial charge in [-0.1, -0.05) is 58.8 Å². The first kappa shape index (κ1) is 23.6. The summed E-state index contributed by atoms with van der Waals surface area (Å²) in [5.74, 6) is -2.10. The first-order valence-corrected chi connectivity index (χ1v) is 9.79. The van der Waals surface area contributed by atoms with Gasteiger partial charge in [-0.25, -0.2) is 0 Å². The molecular weight excluding hydrogens is 320 g/mol. The predicted molar refractivity (Wildman–Crippen MR) is 98.6 cm³/mol. The highest BCUT2D eigenvalue weighted by atomic mass is 16.4. The van der Waals surface area contributed by atoms with E-state index >= 15 is 0 Å². The zero-order chi connectivity index (χ0) is 19.3. The monoisotopic (exact) mass is 356 g/mol. The van der Waals surface area contributed by atoms with Crippen LogP contribution in [0.2, 0.25) is 0 Å². The highest BCUT2D eigenvalue weighted by Gasteiger charge is 2.48. The standard InChI is InChI=1S/C20H36O5/c1-4-6-12-17(13-10-8-9-11-14-18(22)23)20(16(3)21,19(24)25)15-7-5-2/h17H,4-15H2,1-3H3,(H,22,23)(H,24,25). The fourth-order valence-corrected chi connectivity index (χ4v) is 3.66. The molecule has 146 valence electrons. The molecule has 2 N–H and O–H groups in total. The third-order valence-corrected chi connectivity index (χ3v) is 5.23. The summed E-state index contributed by atoms with van der Waals surface area (Å²) >= 11 is 0. The average molecular weight is 357 g/mol. The third-order valence-electron chi connectivity index (χ3n) is 5.23. The Morgan fingerprint density at radius 3 is 1.88 bits per heavy atom. The van der Waals surface area contributed by atoms with Gasteiger partial charge in [-0.3, -0.25) is 14.4 Å². The summed E-state index contributed by atoms with van der Waals surface area (Å²) in [7, 11) is 0. The van der Waals surface area contributed by atoms with Gasteiger partial charge in [0, 0.05) is 6.42 Å². The summed E-state index contributed by atoms with van der Waals surface area (Å²) in [6, 6.07) is 0. The van der Waals surface area contributed by atoms with E-state index in [0.717, 1.165) is 57.8 Å². The van der Waals surface area contributed by atoms with Gasteiger partial charge in [-0.2, -0.15) is 0 Å². The Morgan fingerprint density at radius 1 is 0.840 bits per heavy atom. The second-order valence-electron chi connectivity index (χ2n) is 7.12. The van der Waals surface area contributed by atoms with Gasteiger partial charge in [-0.05, 0) is 38.5 Å². The van der Waals surface area contributed by atoms with Crippen LogP contribution in [0.5, 0.6) is 0 Å². The van der Waals surface area contributed by atoms with Crippen LogP contribution < -0.4 is 0 Å². The van der Waals surface area contributed by atoms with E-state index in [1.54, 1.807) is 0 Å². The average Bonchev–Trinajstić information content (AvgIpc) is 2.54. The molecule has 0 saturated heterocycles. The molecule has 0 aromatic heterocycles. The fourth-order valence-electron chi connectivity index (χ4n) is 3.66. The highest BCUT2D eigenvalue weighted by molar-refractivity contribution is 6.02. The van der Waals surface area contributed by atoms with Gasteiger partial charge in [0.1, 0.15) is 11.2 Å². The van der Waals surface area contributed by atoms with Gasteiger partial charge in [0.15, 0.2) is 0 Å². The Hall–Kier alpha value is -1.39. The molecule has 0 bridgehead atoms. The molecule has 0 aliphatic heterocycles. The van der Waals surface area contributed by atoms with E-state index in [1.165, 1.54) is 6.92 Å². The van der Waals surface area contributed by atoms with E-state index < -0.39 is 17.4 Å². The van der Waals surface area contributed by atoms with Gasteiger partial charge in [0.2, 0.25) is 0 Å². The molecule has 0 radical (unpaired) electrons. The quantitative estimate of drug-likeness (QED) is 0.297. The molecule has 0 heterocycles. The van der Waals surface area contributed by atoms with Crippen molar-refractivity contribution in [3.63, 3.8) is 0 Å². The molecule has 0 aromatic carbocycles. The lowest BCUT2D eigenvalue weighted by atomic mass is 9.65. The molecule has 5 nitrogen and oxygen atoms in total. The number of carboxylic acid groups (broad SMARTS) is 2. The number of Topliss-reactive ketones (excluding diaryl/α,β-unsaturated/α-hetero) is 1. The Kier molecular flexibility index (Phi) is 12.2. The molecule has 2 unspecified atom stereocenters. The van der Waals surface area contributed by atoms with Crippen LogP contribution in [0.25, 0.3) is 0 Å². The maximum atomic E-state index is 12.4. The summed E-state index contributed by atoms with van der Waals surface area (Å²) in [6.07, 6.45) is 8.84. The van der Waals surface area contributed by atoms with Crippen molar-refractivity contribution in [1.82, 2.24) is 0 Å². The molecule has 25 heavy (non-hydrogen) atoms. The first-order chi connectivity index (χ1) is 11.8. The number of carbonyl (C=O) groups excluding carboxylic acids is 1. The van der Waals surface area contributed by atoms with Crippen LogP contribution in [-0.4, -0.2) is 27.9 Å². The molecule has 0 aromatic rings. The second kappa shape index (κ2) is 12.9.